The molecule has 0 unspecified atom stereocenters. The van der Waals surface area contributed by atoms with E-state index in [2.05, 4.69) is 15.9 Å². The Labute approximate surface area is 99.8 Å². The fourth-order valence-electron chi connectivity index (χ4n) is 1.33. The predicted molar refractivity (Wildman–Crippen MR) is 63.2 cm³/mol. The van der Waals surface area contributed by atoms with Crippen LogP contribution in [0.3, 0.4) is 0 Å². The normalized spacial score (nSPS) is 10.3. The molecule has 2 aromatic rings. The molecule has 1 heterocycles. The average Bonchev–Trinajstić information content (AvgIpc) is 2.66. The Morgan fingerprint density at radius 2 is 2.06 bits per heavy atom. The maximum atomic E-state index is 10.7. The Kier molecular flexibility index (Phi) is 2.70. The molecular weight excluding hydrogens is 274 g/mol. The quantitative estimate of drug-likeness (QED) is 0.830. The second kappa shape index (κ2) is 4.02. The van der Waals surface area contributed by atoms with E-state index in [1.54, 1.807) is 24.3 Å². The molecular formula is C11H8BrNO3. The van der Waals surface area contributed by atoms with Crippen LogP contribution in [0.1, 0.15) is 10.6 Å². The third-order valence-electron chi connectivity index (χ3n) is 2.08. The summed E-state index contributed by atoms with van der Waals surface area (Å²) in [5, 5.41) is 8.73. The van der Waals surface area contributed by atoms with Crippen LogP contribution in [-0.2, 0) is 0 Å². The van der Waals surface area contributed by atoms with E-state index in [1.165, 1.54) is 6.07 Å². The van der Waals surface area contributed by atoms with Crippen molar-refractivity contribution in [2.75, 3.05) is 5.73 Å². The first kappa shape index (κ1) is 10.8. The van der Waals surface area contributed by atoms with Gasteiger partial charge in [-0.2, -0.15) is 0 Å². The summed E-state index contributed by atoms with van der Waals surface area (Å²) in [6, 6.07) is 8.26. The molecule has 0 saturated carbocycles. The minimum Gasteiger partial charge on any atom is -0.475 e. The summed E-state index contributed by atoms with van der Waals surface area (Å²) in [6.07, 6.45) is 0. The molecule has 0 spiro atoms. The van der Waals surface area contributed by atoms with Gasteiger partial charge in [0.1, 0.15) is 5.76 Å². The Morgan fingerprint density at radius 1 is 1.31 bits per heavy atom. The van der Waals surface area contributed by atoms with Gasteiger partial charge in [-0.3, -0.25) is 0 Å². The number of halogens is 1. The summed E-state index contributed by atoms with van der Waals surface area (Å²) in [7, 11) is 0. The number of furan rings is 1. The van der Waals surface area contributed by atoms with Gasteiger partial charge in [0.15, 0.2) is 0 Å². The van der Waals surface area contributed by atoms with Crippen molar-refractivity contribution in [1.82, 2.24) is 0 Å². The van der Waals surface area contributed by atoms with Gasteiger partial charge in [0.05, 0.1) is 0 Å². The third kappa shape index (κ3) is 1.94. The number of anilines is 1. The summed E-state index contributed by atoms with van der Waals surface area (Å²) in [5.41, 5.74) is 7.00. The summed E-state index contributed by atoms with van der Waals surface area (Å²) in [4.78, 5) is 10.7. The van der Waals surface area contributed by atoms with Crippen molar-refractivity contribution in [3.63, 3.8) is 0 Å². The molecule has 0 amide bonds. The zero-order valence-corrected chi connectivity index (χ0v) is 9.69. The fraction of sp³-hybridized carbons (Fsp3) is 0. The van der Waals surface area contributed by atoms with Crippen LogP contribution in [0.5, 0.6) is 0 Å². The lowest BCUT2D eigenvalue weighted by Gasteiger charge is -2.01. The van der Waals surface area contributed by atoms with Crippen LogP contribution in [0, 0.1) is 0 Å². The van der Waals surface area contributed by atoms with Gasteiger partial charge in [-0.25, -0.2) is 4.79 Å². The van der Waals surface area contributed by atoms with Crippen molar-refractivity contribution in [3.05, 3.63) is 40.6 Å². The SMILES string of the molecule is Nc1ccc(-c2ccc(C(=O)O)o2)c(Br)c1. The molecule has 82 valence electrons. The van der Waals surface area contributed by atoms with Crippen LogP contribution in [0.25, 0.3) is 11.3 Å². The van der Waals surface area contributed by atoms with Gasteiger partial charge >= 0.3 is 5.97 Å². The summed E-state index contributed by atoms with van der Waals surface area (Å²) in [5.74, 6) is -0.680. The number of nitrogen functional groups attached to an aromatic ring is 1. The zero-order chi connectivity index (χ0) is 11.7. The van der Waals surface area contributed by atoms with E-state index in [9.17, 15) is 4.79 Å². The molecule has 2 rings (SSSR count). The molecule has 0 fully saturated rings. The number of benzene rings is 1. The fourth-order valence-corrected chi connectivity index (χ4v) is 1.92. The maximum Gasteiger partial charge on any atom is 0.371 e. The Hall–Kier alpha value is -1.75. The molecule has 3 N–H and O–H groups in total. The third-order valence-corrected chi connectivity index (χ3v) is 2.73. The maximum absolute atomic E-state index is 10.7. The van der Waals surface area contributed by atoms with Gasteiger partial charge in [-0.15, -0.1) is 0 Å². The molecule has 0 atom stereocenters. The van der Waals surface area contributed by atoms with Crippen LogP contribution >= 0.6 is 15.9 Å². The van der Waals surface area contributed by atoms with Crippen LogP contribution in [0.4, 0.5) is 5.69 Å². The number of aromatic carboxylic acids is 1. The van der Waals surface area contributed by atoms with E-state index < -0.39 is 5.97 Å². The molecule has 1 aromatic carbocycles. The highest BCUT2D eigenvalue weighted by Gasteiger charge is 2.12. The largest absolute Gasteiger partial charge is 0.475 e. The highest BCUT2D eigenvalue weighted by molar-refractivity contribution is 9.10. The van der Waals surface area contributed by atoms with Gasteiger partial charge < -0.3 is 15.3 Å². The van der Waals surface area contributed by atoms with Crippen molar-refractivity contribution >= 4 is 27.6 Å². The van der Waals surface area contributed by atoms with E-state index in [0.717, 1.165) is 10.0 Å². The van der Waals surface area contributed by atoms with Crippen molar-refractivity contribution < 1.29 is 14.3 Å². The molecule has 0 aliphatic carbocycles. The van der Waals surface area contributed by atoms with Crippen LogP contribution in [0.2, 0.25) is 0 Å². The molecule has 0 aliphatic heterocycles. The molecule has 4 nitrogen and oxygen atoms in total. The van der Waals surface area contributed by atoms with Crippen LogP contribution < -0.4 is 5.73 Å². The highest BCUT2D eigenvalue weighted by atomic mass is 79.9. The lowest BCUT2D eigenvalue weighted by atomic mass is 10.1. The average molecular weight is 282 g/mol. The first-order chi connectivity index (χ1) is 7.58. The van der Waals surface area contributed by atoms with Crippen LogP contribution in [0.15, 0.2) is 39.2 Å². The zero-order valence-electron chi connectivity index (χ0n) is 8.11. The predicted octanol–water partition coefficient (Wildman–Crippen LogP) is 2.99. The molecule has 0 bridgehead atoms. The smallest absolute Gasteiger partial charge is 0.371 e. The highest BCUT2D eigenvalue weighted by Crippen LogP contribution is 2.31. The van der Waals surface area contributed by atoms with Crippen molar-refractivity contribution in [2.45, 2.75) is 0 Å². The van der Waals surface area contributed by atoms with E-state index in [0.29, 0.717) is 11.4 Å². The summed E-state index contributed by atoms with van der Waals surface area (Å²) < 4.78 is 5.94. The number of nitrogens with two attached hydrogens (primary N) is 1. The minimum atomic E-state index is -1.09. The van der Waals surface area contributed by atoms with Crippen molar-refractivity contribution in [3.8, 4) is 11.3 Å². The summed E-state index contributed by atoms with van der Waals surface area (Å²) >= 11 is 3.34. The Morgan fingerprint density at radius 3 is 2.62 bits per heavy atom. The molecule has 0 aliphatic rings. The van der Waals surface area contributed by atoms with Gasteiger partial charge in [0.25, 0.3) is 0 Å². The first-order valence-corrected chi connectivity index (χ1v) is 5.26. The Bertz CT molecular complexity index is 548. The lowest BCUT2D eigenvalue weighted by molar-refractivity contribution is 0.0663. The Balaban J connectivity index is 2.46. The standard InChI is InChI=1S/C11H8BrNO3/c12-8-5-6(13)1-2-7(8)9-3-4-10(16-9)11(14)15/h1-5H,13H2,(H,14,15). The first-order valence-electron chi connectivity index (χ1n) is 4.46. The van der Waals surface area contributed by atoms with E-state index in [1.807, 2.05) is 0 Å². The molecule has 16 heavy (non-hydrogen) atoms. The monoisotopic (exact) mass is 281 g/mol. The molecule has 5 heteroatoms. The number of hydrogen-bond donors (Lipinski definition) is 2. The number of hydrogen-bond acceptors (Lipinski definition) is 3. The van der Waals surface area contributed by atoms with Crippen molar-refractivity contribution in [2.24, 2.45) is 0 Å². The number of carboxylic acid groups (broad SMARTS) is 1. The molecule has 1 aromatic heterocycles. The summed E-state index contributed by atoms with van der Waals surface area (Å²) in [6.45, 7) is 0. The van der Waals surface area contributed by atoms with Crippen molar-refractivity contribution in [1.29, 1.82) is 0 Å². The van der Waals surface area contributed by atoms with Crippen LogP contribution in [-0.4, -0.2) is 11.1 Å². The topological polar surface area (TPSA) is 76.5 Å². The van der Waals surface area contributed by atoms with Gasteiger partial charge in [0, 0.05) is 15.7 Å². The van der Waals surface area contributed by atoms with E-state index in [-0.39, 0.29) is 5.76 Å². The van der Waals surface area contributed by atoms with E-state index >= 15 is 0 Å². The second-order valence-corrected chi connectivity index (χ2v) is 4.06. The number of rotatable bonds is 2. The van der Waals surface area contributed by atoms with Gasteiger partial charge in [-0.1, -0.05) is 0 Å². The molecule has 0 radical (unpaired) electrons. The number of carboxylic acids is 1. The number of carbonyl (C=O) groups is 1. The van der Waals surface area contributed by atoms with Gasteiger partial charge in [0.2, 0.25) is 5.76 Å². The van der Waals surface area contributed by atoms with E-state index in [4.69, 9.17) is 15.3 Å². The second-order valence-electron chi connectivity index (χ2n) is 3.21. The van der Waals surface area contributed by atoms with Gasteiger partial charge in [-0.05, 0) is 46.3 Å². The molecule has 0 saturated heterocycles. The lowest BCUT2D eigenvalue weighted by Crippen LogP contribution is -1.91. The minimum absolute atomic E-state index is 0.0845.